The molecule has 0 aromatic heterocycles. The Balaban J connectivity index is 1.81. The van der Waals surface area contributed by atoms with E-state index < -0.39 is 0 Å². The number of rotatable bonds is 4. The molecule has 24 heavy (non-hydrogen) atoms. The second kappa shape index (κ2) is 7.85. The topological polar surface area (TPSA) is 70.2 Å². The minimum atomic E-state index is -0.308. The second-order valence-electron chi connectivity index (χ2n) is 7.32. The fraction of sp³-hybridized carbons (Fsp3) is 0.824. The lowest BCUT2D eigenvalue weighted by Gasteiger charge is -2.35. The summed E-state index contributed by atoms with van der Waals surface area (Å²) in [5, 5.41) is 0. The molecule has 1 atom stereocenters. The molecule has 0 bridgehead atoms. The van der Waals surface area contributed by atoms with Crippen molar-refractivity contribution >= 4 is 17.9 Å². The smallest absolute Gasteiger partial charge is 0.409 e. The highest BCUT2D eigenvalue weighted by Crippen LogP contribution is 2.22. The Morgan fingerprint density at radius 1 is 1.08 bits per heavy atom. The fourth-order valence-electron chi connectivity index (χ4n) is 3.09. The lowest BCUT2D eigenvalue weighted by molar-refractivity contribution is -0.137. The van der Waals surface area contributed by atoms with Gasteiger partial charge in [-0.25, -0.2) is 4.79 Å². The van der Waals surface area contributed by atoms with Crippen molar-refractivity contribution in [3.63, 3.8) is 0 Å². The molecule has 7 nitrogen and oxygen atoms in total. The van der Waals surface area contributed by atoms with Gasteiger partial charge in [0.05, 0.1) is 12.5 Å². The van der Waals surface area contributed by atoms with Gasteiger partial charge in [0.2, 0.25) is 11.8 Å². The van der Waals surface area contributed by atoms with Crippen LogP contribution in [0.2, 0.25) is 0 Å². The third-order valence-electron chi connectivity index (χ3n) is 4.52. The lowest BCUT2D eigenvalue weighted by Crippen LogP contribution is -2.52. The number of likely N-dealkylation sites (tertiary alicyclic amines) is 1. The van der Waals surface area contributed by atoms with Crippen LogP contribution >= 0.6 is 0 Å². The van der Waals surface area contributed by atoms with Crippen LogP contribution in [0.4, 0.5) is 4.79 Å². The summed E-state index contributed by atoms with van der Waals surface area (Å²) in [6.45, 7) is 10.8. The van der Waals surface area contributed by atoms with Crippen LogP contribution < -0.4 is 0 Å². The molecule has 2 saturated heterocycles. The van der Waals surface area contributed by atoms with Crippen molar-refractivity contribution < 1.29 is 19.1 Å². The van der Waals surface area contributed by atoms with Crippen LogP contribution in [0, 0.1) is 11.8 Å². The Morgan fingerprint density at radius 3 is 2.17 bits per heavy atom. The maximum Gasteiger partial charge on any atom is 0.409 e. The SMILES string of the molecule is CC(C)COC(=O)N1CCN(C(=O)C2CC(=O)N(C(C)C)C2)CC1. The molecule has 0 aromatic carbocycles. The number of hydrogen-bond acceptors (Lipinski definition) is 4. The Morgan fingerprint density at radius 2 is 1.67 bits per heavy atom. The summed E-state index contributed by atoms with van der Waals surface area (Å²) in [5.41, 5.74) is 0. The molecule has 3 amide bonds. The molecule has 0 N–H and O–H groups in total. The number of ether oxygens (including phenoxy) is 1. The predicted octanol–water partition coefficient (Wildman–Crippen LogP) is 1.18. The highest BCUT2D eigenvalue weighted by Gasteiger charge is 2.38. The van der Waals surface area contributed by atoms with Crippen LogP contribution in [0.5, 0.6) is 0 Å². The number of nitrogens with zero attached hydrogens (tertiary/aromatic N) is 3. The number of piperazine rings is 1. The molecule has 2 aliphatic rings. The molecule has 2 rings (SSSR count). The first-order chi connectivity index (χ1) is 11.3. The quantitative estimate of drug-likeness (QED) is 0.771. The van der Waals surface area contributed by atoms with Gasteiger partial charge in [-0.05, 0) is 19.8 Å². The molecule has 0 saturated carbocycles. The molecule has 2 heterocycles. The third kappa shape index (κ3) is 4.39. The maximum absolute atomic E-state index is 12.6. The van der Waals surface area contributed by atoms with E-state index in [1.54, 1.807) is 14.7 Å². The van der Waals surface area contributed by atoms with Gasteiger partial charge in [-0.15, -0.1) is 0 Å². The van der Waals surface area contributed by atoms with Crippen molar-refractivity contribution in [2.75, 3.05) is 39.3 Å². The Hall–Kier alpha value is -1.79. The maximum atomic E-state index is 12.6. The summed E-state index contributed by atoms with van der Waals surface area (Å²) >= 11 is 0. The van der Waals surface area contributed by atoms with Gasteiger partial charge in [0, 0.05) is 45.2 Å². The summed E-state index contributed by atoms with van der Waals surface area (Å²) in [7, 11) is 0. The van der Waals surface area contributed by atoms with Gasteiger partial charge >= 0.3 is 6.09 Å². The van der Waals surface area contributed by atoms with Crippen molar-refractivity contribution in [2.24, 2.45) is 11.8 Å². The summed E-state index contributed by atoms with van der Waals surface area (Å²) in [6.07, 6.45) is -0.00830. The zero-order valence-electron chi connectivity index (χ0n) is 15.2. The second-order valence-corrected chi connectivity index (χ2v) is 7.32. The minimum absolute atomic E-state index is 0.0293. The Kier molecular flexibility index (Phi) is 6.07. The summed E-state index contributed by atoms with van der Waals surface area (Å²) in [4.78, 5) is 41.7. The molecule has 2 fully saturated rings. The van der Waals surface area contributed by atoms with Crippen LogP contribution in [0.25, 0.3) is 0 Å². The van der Waals surface area contributed by atoms with E-state index in [2.05, 4.69) is 0 Å². The van der Waals surface area contributed by atoms with Gasteiger partial charge in [-0.3, -0.25) is 9.59 Å². The highest BCUT2D eigenvalue weighted by atomic mass is 16.6. The molecule has 0 aliphatic carbocycles. The molecule has 0 aromatic rings. The zero-order chi connectivity index (χ0) is 17.9. The molecular weight excluding hydrogens is 310 g/mol. The minimum Gasteiger partial charge on any atom is -0.449 e. The average molecular weight is 339 g/mol. The van der Waals surface area contributed by atoms with Gasteiger partial charge < -0.3 is 19.4 Å². The average Bonchev–Trinajstić information content (AvgIpc) is 2.94. The van der Waals surface area contributed by atoms with E-state index in [0.29, 0.717) is 51.7 Å². The number of amides is 3. The van der Waals surface area contributed by atoms with Crippen molar-refractivity contribution in [2.45, 2.75) is 40.2 Å². The van der Waals surface area contributed by atoms with E-state index >= 15 is 0 Å². The summed E-state index contributed by atoms with van der Waals surface area (Å²) in [5.74, 6) is 0.140. The van der Waals surface area contributed by atoms with Gasteiger partial charge in [-0.1, -0.05) is 13.8 Å². The van der Waals surface area contributed by atoms with Gasteiger partial charge in [-0.2, -0.15) is 0 Å². The van der Waals surface area contributed by atoms with Gasteiger partial charge in [0.1, 0.15) is 0 Å². The summed E-state index contributed by atoms with van der Waals surface area (Å²) in [6, 6.07) is 0.128. The van der Waals surface area contributed by atoms with Crippen LogP contribution in [0.3, 0.4) is 0 Å². The van der Waals surface area contributed by atoms with Gasteiger partial charge in [0.15, 0.2) is 0 Å². The van der Waals surface area contributed by atoms with Crippen LogP contribution in [-0.4, -0.2) is 78.0 Å². The lowest BCUT2D eigenvalue weighted by atomic mass is 10.1. The zero-order valence-corrected chi connectivity index (χ0v) is 15.2. The van der Waals surface area contributed by atoms with Crippen molar-refractivity contribution in [1.82, 2.24) is 14.7 Å². The first-order valence-electron chi connectivity index (χ1n) is 8.79. The largest absolute Gasteiger partial charge is 0.449 e. The van der Waals surface area contributed by atoms with Crippen LogP contribution in [-0.2, 0) is 14.3 Å². The molecule has 1 unspecified atom stereocenters. The van der Waals surface area contributed by atoms with E-state index in [4.69, 9.17) is 4.74 Å². The van der Waals surface area contributed by atoms with E-state index in [1.165, 1.54) is 0 Å². The Bertz CT molecular complexity index is 484. The van der Waals surface area contributed by atoms with E-state index in [0.717, 1.165) is 0 Å². The fourth-order valence-corrected chi connectivity index (χ4v) is 3.09. The van der Waals surface area contributed by atoms with E-state index in [1.807, 2.05) is 27.7 Å². The molecular formula is C17H29N3O4. The number of carbonyl (C=O) groups is 3. The molecule has 7 heteroatoms. The first-order valence-corrected chi connectivity index (χ1v) is 8.79. The monoisotopic (exact) mass is 339 g/mol. The first kappa shape index (κ1) is 18.5. The predicted molar refractivity (Wildman–Crippen MR) is 89.3 cm³/mol. The number of carbonyl (C=O) groups excluding carboxylic acids is 3. The van der Waals surface area contributed by atoms with Crippen molar-refractivity contribution in [3.8, 4) is 0 Å². The summed E-state index contributed by atoms with van der Waals surface area (Å²) < 4.78 is 5.23. The highest BCUT2D eigenvalue weighted by molar-refractivity contribution is 5.89. The third-order valence-corrected chi connectivity index (χ3v) is 4.52. The molecule has 136 valence electrons. The van der Waals surface area contributed by atoms with E-state index in [-0.39, 0.29) is 29.9 Å². The van der Waals surface area contributed by atoms with Crippen molar-refractivity contribution in [3.05, 3.63) is 0 Å². The van der Waals surface area contributed by atoms with Gasteiger partial charge in [0.25, 0.3) is 0 Å². The van der Waals surface area contributed by atoms with E-state index in [9.17, 15) is 14.4 Å². The van der Waals surface area contributed by atoms with Crippen molar-refractivity contribution in [1.29, 1.82) is 0 Å². The molecule has 2 aliphatic heterocycles. The standard InChI is InChI=1S/C17H29N3O4/c1-12(2)11-24-17(23)19-7-5-18(6-8-19)16(22)14-9-15(21)20(10-14)13(3)4/h12-14H,5-11H2,1-4H3. The van der Waals surface area contributed by atoms with Crippen LogP contribution in [0.15, 0.2) is 0 Å². The normalized spacial score (nSPS) is 21.8. The Labute approximate surface area is 143 Å². The molecule has 0 radical (unpaired) electrons. The van der Waals surface area contributed by atoms with Crippen LogP contribution in [0.1, 0.15) is 34.1 Å². The molecule has 0 spiro atoms. The number of hydrogen-bond donors (Lipinski definition) is 0.